The summed E-state index contributed by atoms with van der Waals surface area (Å²) in [4.78, 5) is 31.7. The third-order valence-corrected chi connectivity index (χ3v) is 8.91. The molecule has 2 aromatic carbocycles. The Kier molecular flexibility index (Phi) is 9.24. The van der Waals surface area contributed by atoms with Crippen LogP contribution < -0.4 is 9.64 Å². The Hall–Kier alpha value is -4.41. The van der Waals surface area contributed by atoms with Crippen molar-refractivity contribution in [2.75, 3.05) is 51.3 Å². The fraction of sp³-hybridized carbons (Fsp3) is 0.441. The summed E-state index contributed by atoms with van der Waals surface area (Å²) >= 11 is 6.37. The van der Waals surface area contributed by atoms with E-state index in [1.54, 1.807) is 45.0 Å². The minimum atomic E-state index is -1.10. The highest BCUT2D eigenvalue weighted by atomic mass is 35.5. The summed E-state index contributed by atoms with van der Waals surface area (Å²) in [6, 6.07) is 9.26. The Bertz CT molecular complexity index is 1920. The number of carbonyl (C=O) groups is 1. The monoisotopic (exact) mass is 681 g/mol. The molecule has 48 heavy (non-hydrogen) atoms. The number of likely N-dealkylation sites (tertiary alicyclic amines) is 1. The van der Waals surface area contributed by atoms with Crippen molar-refractivity contribution in [1.29, 1.82) is 5.26 Å². The van der Waals surface area contributed by atoms with E-state index in [-0.39, 0.29) is 78.2 Å². The average molecular weight is 682 g/mol. The van der Waals surface area contributed by atoms with Crippen molar-refractivity contribution in [2.24, 2.45) is 5.92 Å². The summed E-state index contributed by atoms with van der Waals surface area (Å²) in [6.07, 6.45) is -0.192. The molecule has 10 nitrogen and oxygen atoms in total. The number of amides is 1. The highest BCUT2D eigenvalue weighted by molar-refractivity contribution is 6.36. The number of alkyl halides is 1. The van der Waals surface area contributed by atoms with Gasteiger partial charge in [0, 0.05) is 55.8 Å². The zero-order valence-electron chi connectivity index (χ0n) is 27.0. The third kappa shape index (κ3) is 6.64. The molecular weight excluding hydrogens is 647 g/mol. The van der Waals surface area contributed by atoms with Gasteiger partial charge in [0.15, 0.2) is 5.82 Å². The SMILES string of the molecule is CN1C[C@H](COc2nc(N3CCN(C(=O)OC(C)(C)C)[C@@H](CC#N)C3)c3cnc(-c4cccc5ccc(F)c(Cl)c45)c(F)c3n2)[C@H](F)C1. The number of benzene rings is 2. The number of aromatic nitrogens is 3. The molecule has 14 heteroatoms. The summed E-state index contributed by atoms with van der Waals surface area (Å²) in [5.41, 5.74) is -0.673. The van der Waals surface area contributed by atoms with E-state index >= 15 is 4.39 Å². The van der Waals surface area contributed by atoms with Gasteiger partial charge in [0.05, 0.1) is 35.5 Å². The predicted octanol–water partition coefficient (Wildman–Crippen LogP) is 6.39. The third-order valence-electron chi connectivity index (χ3n) is 8.54. The molecule has 2 aliphatic rings. The van der Waals surface area contributed by atoms with Crippen LogP contribution in [0.1, 0.15) is 27.2 Å². The lowest BCUT2D eigenvalue weighted by atomic mass is 10.0. The number of ether oxygens (including phenoxy) is 2. The second kappa shape index (κ2) is 13.2. The van der Waals surface area contributed by atoms with Gasteiger partial charge in [-0.3, -0.25) is 4.98 Å². The molecule has 2 saturated heterocycles. The lowest BCUT2D eigenvalue weighted by Crippen LogP contribution is -2.56. The molecule has 4 aromatic rings. The lowest BCUT2D eigenvalue weighted by molar-refractivity contribution is 0.0145. The van der Waals surface area contributed by atoms with Crippen molar-refractivity contribution in [1.82, 2.24) is 24.8 Å². The van der Waals surface area contributed by atoms with Crippen molar-refractivity contribution < 1.29 is 27.4 Å². The van der Waals surface area contributed by atoms with Crippen LogP contribution in [-0.2, 0) is 4.74 Å². The van der Waals surface area contributed by atoms with E-state index < -0.39 is 41.5 Å². The molecule has 1 amide bonds. The first kappa shape index (κ1) is 33.5. The van der Waals surface area contributed by atoms with Crippen LogP contribution in [0.25, 0.3) is 32.9 Å². The topological polar surface area (TPSA) is 108 Å². The number of hydrogen-bond donors (Lipinski definition) is 0. The maximum absolute atomic E-state index is 16.7. The number of fused-ring (bicyclic) bond motifs is 2. The van der Waals surface area contributed by atoms with Crippen LogP contribution in [0.15, 0.2) is 36.5 Å². The zero-order valence-corrected chi connectivity index (χ0v) is 27.8. The number of halogens is 4. The first-order chi connectivity index (χ1) is 22.8. The summed E-state index contributed by atoms with van der Waals surface area (Å²) in [5, 5.41) is 10.6. The van der Waals surface area contributed by atoms with Gasteiger partial charge < -0.3 is 24.2 Å². The molecule has 0 N–H and O–H groups in total. The van der Waals surface area contributed by atoms with Crippen LogP contribution in [0, 0.1) is 28.9 Å². The van der Waals surface area contributed by atoms with Crippen LogP contribution in [0.3, 0.4) is 0 Å². The molecule has 252 valence electrons. The van der Waals surface area contributed by atoms with Crippen LogP contribution in [-0.4, -0.2) is 95.0 Å². The largest absolute Gasteiger partial charge is 0.463 e. The fourth-order valence-corrected chi connectivity index (χ4v) is 6.56. The molecule has 6 rings (SSSR count). The van der Waals surface area contributed by atoms with Gasteiger partial charge in [-0.2, -0.15) is 15.2 Å². The van der Waals surface area contributed by atoms with E-state index in [9.17, 15) is 18.8 Å². The van der Waals surface area contributed by atoms with Crippen molar-refractivity contribution in [3.63, 3.8) is 0 Å². The Balaban J connectivity index is 1.43. The van der Waals surface area contributed by atoms with E-state index in [0.717, 1.165) is 0 Å². The number of pyridine rings is 1. The maximum atomic E-state index is 16.7. The normalized spacial score (nSPS) is 20.4. The van der Waals surface area contributed by atoms with Crippen LogP contribution >= 0.6 is 11.6 Å². The molecule has 2 fully saturated rings. The number of nitrogens with zero attached hydrogens (tertiary/aromatic N) is 7. The van der Waals surface area contributed by atoms with Crippen LogP contribution in [0.4, 0.5) is 23.8 Å². The molecule has 0 radical (unpaired) electrons. The van der Waals surface area contributed by atoms with E-state index in [1.807, 2.05) is 16.8 Å². The quantitative estimate of drug-likeness (QED) is 0.229. The van der Waals surface area contributed by atoms with Crippen molar-refractivity contribution >= 4 is 45.2 Å². The molecule has 3 atom stereocenters. The Morgan fingerprint density at radius 3 is 2.62 bits per heavy atom. The first-order valence-electron chi connectivity index (χ1n) is 15.6. The molecule has 0 spiro atoms. The van der Waals surface area contributed by atoms with Gasteiger partial charge in [0.1, 0.15) is 34.6 Å². The lowest BCUT2D eigenvalue weighted by Gasteiger charge is -2.41. The summed E-state index contributed by atoms with van der Waals surface area (Å²) in [6.45, 7) is 6.68. The standard InChI is InChI=1S/C34H35ClF3N7O3/c1-34(2,3)48-33(46)45-13-12-44(16-21(45)10-11-39)31-23-14-40-29(22-7-5-6-19-8-9-24(36)27(35)26(19)22)28(38)30(23)41-32(42-31)47-18-20-15-43(4)17-25(20)37/h5-9,14,20-21,25H,10,12-13,15-18H2,1-4H3/t20-,21+,25-/m1/s1. The number of piperazine rings is 1. The molecule has 0 unspecified atom stereocenters. The second-order valence-corrected chi connectivity index (χ2v) is 13.6. The second-order valence-electron chi connectivity index (χ2n) is 13.2. The molecule has 0 bridgehead atoms. The molecule has 4 heterocycles. The van der Waals surface area contributed by atoms with Crippen molar-refractivity contribution in [3.05, 3.63) is 53.2 Å². The Labute approximate surface area is 281 Å². The van der Waals surface area contributed by atoms with Gasteiger partial charge in [-0.05, 0) is 39.3 Å². The summed E-state index contributed by atoms with van der Waals surface area (Å²) in [7, 11) is 1.82. The van der Waals surface area contributed by atoms with Gasteiger partial charge in [0.25, 0.3) is 0 Å². The summed E-state index contributed by atoms with van der Waals surface area (Å²) < 4.78 is 57.4. The van der Waals surface area contributed by atoms with Gasteiger partial charge in [-0.1, -0.05) is 35.9 Å². The number of anilines is 1. The maximum Gasteiger partial charge on any atom is 0.410 e. The summed E-state index contributed by atoms with van der Waals surface area (Å²) in [5.74, 6) is -1.61. The zero-order chi connectivity index (χ0) is 34.3. The van der Waals surface area contributed by atoms with Gasteiger partial charge in [0.2, 0.25) is 0 Å². The van der Waals surface area contributed by atoms with E-state index in [2.05, 4.69) is 21.0 Å². The van der Waals surface area contributed by atoms with Gasteiger partial charge in [-0.15, -0.1) is 0 Å². The van der Waals surface area contributed by atoms with Crippen LogP contribution in [0.5, 0.6) is 6.01 Å². The van der Waals surface area contributed by atoms with E-state index in [0.29, 0.717) is 17.3 Å². The Morgan fingerprint density at radius 1 is 1.12 bits per heavy atom. The number of rotatable bonds is 6. The minimum Gasteiger partial charge on any atom is -0.463 e. The molecule has 2 aromatic heterocycles. The fourth-order valence-electron chi connectivity index (χ4n) is 6.29. The highest BCUT2D eigenvalue weighted by Gasteiger charge is 2.36. The van der Waals surface area contributed by atoms with Crippen molar-refractivity contribution in [3.8, 4) is 23.3 Å². The average Bonchev–Trinajstić information content (AvgIpc) is 3.37. The van der Waals surface area contributed by atoms with E-state index in [4.69, 9.17) is 21.1 Å². The van der Waals surface area contributed by atoms with E-state index in [1.165, 1.54) is 17.2 Å². The first-order valence-corrected chi connectivity index (χ1v) is 16.0. The minimum absolute atomic E-state index is 0.0182. The van der Waals surface area contributed by atoms with Gasteiger partial charge >= 0.3 is 12.1 Å². The number of carbonyl (C=O) groups excluding carboxylic acids is 1. The Morgan fingerprint density at radius 2 is 1.92 bits per heavy atom. The molecule has 2 aliphatic heterocycles. The predicted molar refractivity (Wildman–Crippen MR) is 176 cm³/mol. The van der Waals surface area contributed by atoms with Crippen molar-refractivity contribution in [2.45, 2.75) is 45.0 Å². The highest BCUT2D eigenvalue weighted by Crippen LogP contribution is 2.38. The smallest absolute Gasteiger partial charge is 0.410 e. The molecule has 0 saturated carbocycles. The molecular formula is C34H35ClF3N7O3. The molecule has 0 aliphatic carbocycles. The van der Waals surface area contributed by atoms with Gasteiger partial charge in [-0.25, -0.2) is 18.0 Å². The van der Waals surface area contributed by atoms with Crippen LogP contribution in [0.2, 0.25) is 5.02 Å². The number of nitriles is 1. The number of hydrogen-bond acceptors (Lipinski definition) is 9.